The van der Waals surface area contributed by atoms with Crippen molar-refractivity contribution in [3.05, 3.63) is 79.5 Å². The van der Waals surface area contributed by atoms with Crippen LogP contribution in [0.15, 0.2) is 60.7 Å². The third kappa shape index (κ3) is 11.0. The predicted molar refractivity (Wildman–Crippen MR) is 198 cm³/mol. The van der Waals surface area contributed by atoms with Crippen molar-refractivity contribution in [3.8, 4) is 22.8 Å². The lowest BCUT2D eigenvalue weighted by atomic mass is 10.2. The van der Waals surface area contributed by atoms with Gasteiger partial charge in [-0.1, -0.05) is 99.9 Å². The van der Waals surface area contributed by atoms with Crippen LogP contribution in [-0.4, -0.2) is 48.5 Å². The topological polar surface area (TPSA) is 54.1 Å². The summed E-state index contributed by atoms with van der Waals surface area (Å²) in [6.07, 6.45) is 0. The largest absolute Gasteiger partial charge is 0.361 e. The van der Waals surface area contributed by atoms with Crippen molar-refractivity contribution in [1.82, 2.24) is 19.1 Å². The number of hydrogen-bond acceptors (Lipinski definition) is 4. The zero-order valence-electron chi connectivity index (χ0n) is 26.4. The molecule has 0 aliphatic rings. The normalized spacial score (nSPS) is 11.9. The molecule has 0 bridgehead atoms. The average Bonchev–Trinajstić information content (AvgIpc) is 3.39. The Morgan fingerprint density at radius 1 is 0.643 bits per heavy atom. The fourth-order valence-corrected chi connectivity index (χ4v) is 6.54. The zero-order valence-corrected chi connectivity index (χ0v) is 32.7. The van der Waals surface area contributed by atoms with Gasteiger partial charge in [0, 0.05) is 40.5 Å². The number of hydrogen-bond donors (Lipinski definition) is 0. The molecule has 0 radical (unpaired) electrons. The van der Waals surface area contributed by atoms with Crippen LogP contribution < -0.4 is 0 Å². The molecule has 0 aliphatic carbocycles. The number of ether oxygens (including phenoxy) is 2. The molecule has 0 unspecified atom stereocenters. The number of imidazole rings is 2. The van der Waals surface area contributed by atoms with Crippen molar-refractivity contribution < 1.29 is 9.47 Å². The summed E-state index contributed by atoms with van der Waals surface area (Å²) in [5.41, 5.74) is 4.50. The molecule has 10 heteroatoms. The summed E-state index contributed by atoms with van der Waals surface area (Å²) < 4.78 is 18.3. The average molecular weight is 829 g/mol. The highest BCUT2D eigenvalue weighted by atomic mass is 127. The Labute approximate surface area is 282 Å². The Morgan fingerprint density at radius 3 is 1.52 bits per heavy atom. The van der Waals surface area contributed by atoms with Crippen LogP contribution in [0.2, 0.25) is 51.4 Å². The molecule has 42 heavy (non-hydrogen) atoms. The predicted octanol–water partition coefficient (Wildman–Crippen LogP) is 9.55. The van der Waals surface area contributed by atoms with Gasteiger partial charge in [0.05, 0.1) is 11.4 Å². The summed E-state index contributed by atoms with van der Waals surface area (Å²) >= 11 is 4.64. The summed E-state index contributed by atoms with van der Waals surface area (Å²) in [7, 11) is -2.07. The molecule has 0 saturated heterocycles. The van der Waals surface area contributed by atoms with Crippen LogP contribution in [0, 0.1) is 21.2 Å². The maximum atomic E-state index is 5.91. The molecule has 0 aliphatic heterocycles. The Kier molecular flexibility index (Phi) is 13.5. The first-order valence-corrected chi connectivity index (χ1v) is 24.1. The monoisotopic (exact) mass is 828 g/mol. The lowest BCUT2D eigenvalue weighted by molar-refractivity contribution is 0.0866. The van der Waals surface area contributed by atoms with Crippen LogP contribution in [0.5, 0.6) is 0 Å². The second-order valence-corrected chi connectivity index (χ2v) is 26.2. The van der Waals surface area contributed by atoms with Gasteiger partial charge in [0.1, 0.15) is 32.5 Å². The van der Waals surface area contributed by atoms with Crippen molar-refractivity contribution in [1.29, 1.82) is 0 Å². The van der Waals surface area contributed by atoms with Gasteiger partial charge >= 0.3 is 0 Å². The first-order valence-electron chi connectivity index (χ1n) is 14.5. The molecule has 0 saturated carbocycles. The molecule has 2 aromatic heterocycles. The van der Waals surface area contributed by atoms with Gasteiger partial charge in [0.15, 0.2) is 0 Å². The van der Waals surface area contributed by atoms with E-state index >= 15 is 0 Å². The maximum Gasteiger partial charge on any atom is 0.143 e. The van der Waals surface area contributed by atoms with Crippen molar-refractivity contribution >= 4 is 61.3 Å². The van der Waals surface area contributed by atoms with Crippen LogP contribution in [0.25, 0.3) is 22.8 Å². The van der Waals surface area contributed by atoms with Gasteiger partial charge < -0.3 is 14.0 Å². The molecule has 0 N–H and O–H groups in total. The second kappa shape index (κ2) is 16.1. The van der Waals surface area contributed by atoms with E-state index in [1.54, 1.807) is 0 Å². The van der Waals surface area contributed by atoms with Gasteiger partial charge in [-0.3, -0.25) is 4.57 Å². The Balaban J connectivity index is 0.000000230. The third-order valence-electron chi connectivity index (χ3n) is 6.73. The molecule has 2 aromatic carbocycles. The highest BCUT2D eigenvalue weighted by molar-refractivity contribution is 14.1. The molecule has 4 rings (SSSR count). The van der Waals surface area contributed by atoms with Crippen molar-refractivity contribution in [2.45, 2.75) is 78.7 Å². The molecule has 6 nitrogen and oxygen atoms in total. The van der Waals surface area contributed by atoms with E-state index in [0.717, 1.165) is 49.1 Å². The van der Waals surface area contributed by atoms with Crippen molar-refractivity contribution in [3.63, 3.8) is 0 Å². The van der Waals surface area contributed by atoms with Gasteiger partial charge in [0.2, 0.25) is 0 Å². The van der Waals surface area contributed by atoms with E-state index in [1.807, 2.05) is 43.3 Å². The second-order valence-electron chi connectivity index (χ2n) is 12.9. The summed E-state index contributed by atoms with van der Waals surface area (Å²) in [5, 5.41) is 0. The minimum absolute atomic E-state index is 0.577. The van der Waals surface area contributed by atoms with Gasteiger partial charge in [-0.2, -0.15) is 0 Å². The zero-order chi connectivity index (χ0) is 30.9. The van der Waals surface area contributed by atoms with Crippen molar-refractivity contribution in [2.24, 2.45) is 0 Å². The van der Waals surface area contributed by atoms with Crippen LogP contribution >= 0.6 is 45.2 Å². The first-order chi connectivity index (χ1) is 19.8. The quantitative estimate of drug-likeness (QED) is 0.0812. The Hall–Kier alpha value is -1.33. The Bertz CT molecular complexity index is 1290. The van der Waals surface area contributed by atoms with E-state index in [1.165, 1.54) is 17.8 Å². The van der Waals surface area contributed by atoms with Gasteiger partial charge in [-0.25, -0.2) is 9.97 Å². The number of aryl methyl sites for hydroxylation is 1. The molecule has 4 aromatic rings. The molecule has 0 amide bonds. The number of aromatic nitrogens is 4. The minimum atomic E-state index is -1.03. The minimum Gasteiger partial charge on any atom is -0.361 e. The SMILES string of the molecule is Cc1c(I)nc(-c2ccccc2)n1COCC[Si](C)(C)C.Cc1nc(-c2ccccc2)n(COCC[Si](C)(C)C)c1I. The fourth-order valence-electron chi connectivity index (χ4n) is 4.02. The van der Waals surface area contributed by atoms with E-state index in [4.69, 9.17) is 14.5 Å². The van der Waals surface area contributed by atoms with Gasteiger partial charge in [-0.15, -0.1) is 0 Å². The number of rotatable bonds is 12. The highest BCUT2D eigenvalue weighted by Gasteiger charge is 2.17. The summed E-state index contributed by atoms with van der Waals surface area (Å²) in [6.45, 7) is 21.2. The van der Waals surface area contributed by atoms with Crippen LogP contribution in [0.1, 0.15) is 11.4 Å². The fraction of sp³-hybridized carbons (Fsp3) is 0.438. The molecule has 0 spiro atoms. The summed E-state index contributed by atoms with van der Waals surface area (Å²) in [5.74, 6) is 1.98. The van der Waals surface area contributed by atoms with Crippen LogP contribution in [0.3, 0.4) is 0 Å². The first kappa shape index (κ1) is 35.2. The number of benzene rings is 2. The summed E-state index contributed by atoms with van der Waals surface area (Å²) in [6, 6.07) is 23.0. The maximum absolute atomic E-state index is 5.91. The summed E-state index contributed by atoms with van der Waals surface area (Å²) in [4.78, 5) is 9.38. The van der Waals surface area contributed by atoms with Gasteiger partial charge in [-0.05, 0) is 71.1 Å². The molecular weight excluding hydrogens is 782 g/mol. The molecular formula is C32H46I2N4O2Si2. The van der Waals surface area contributed by atoms with E-state index in [2.05, 4.69) is 130 Å². The van der Waals surface area contributed by atoms with E-state index < -0.39 is 16.1 Å². The Morgan fingerprint density at radius 2 is 1.07 bits per heavy atom. The van der Waals surface area contributed by atoms with E-state index in [0.29, 0.717) is 13.5 Å². The molecule has 0 atom stereocenters. The van der Waals surface area contributed by atoms with Crippen molar-refractivity contribution in [2.75, 3.05) is 13.2 Å². The standard InChI is InChI=1S/2C16H23IN2OSi/c1-13-15(17)18-16(14-8-6-5-7-9-14)19(13)12-20-10-11-21(2,3)4;1-13-15(17)19(12-20-10-11-21(2,3)4)16(18-13)14-8-6-5-7-9-14/h2*5-9H,10-12H2,1-4H3. The van der Waals surface area contributed by atoms with E-state index in [9.17, 15) is 0 Å². The lowest BCUT2D eigenvalue weighted by Gasteiger charge is -2.16. The lowest BCUT2D eigenvalue weighted by Crippen LogP contribution is -2.22. The number of nitrogens with zero attached hydrogens (tertiary/aromatic N) is 4. The van der Waals surface area contributed by atoms with Crippen LogP contribution in [0.4, 0.5) is 0 Å². The highest BCUT2D eigenvalue weighted by Crippen LogP contribution is 2.25. The van der Waals surface area contributed by atoms with Gasteiger partial charge in [0.25, 0.3) is 0 Å². The van der Waals surface area contributed by atoms with Crippen LogP contribution in [-0.2, 0) is 22.9 Å². The molecule has 2 heterocycles. The number of halogens is 2. The van der Waals surface area contributed by atoms with E-state index in [-0.39, 0.29) is 0 Å². The smallest absolute Gasteiger partial charge is 0.143 e. The molecule has 0 fully saturated rings. The third-order valence-corrected chi connectivity index (χ3v) is 12.5. The molecule has 228 valence electrons.